The number of thiophene rings is 1. The molecule has 0 spiro atoms. The molecule has 0 aromatic carbocycles. The van der Waals surface area contributed by atoms with E-state index in [4.69, 9.17) is 0 Å². The van der Waals surface area contributed by atoms with Gasteiger partial charge in [0.05, 0.1) is 3.79 Å². The van der Waals surface area contributed by atoms with Crippen LogP contribution in [0.4, 0.5) is 0 Å². The second-order valence-electron chi connectivity index (χ2n) is 3.69. The minimum absolute atomic E-state index is 0.956. The minimum Gasteiger partial charge on any atom is -0.298 e. The highest BCUT2D eigenvalue weighted by Crippen LogP contribution is 2.27. The van der Waals surface area contributed by atoms with Crippen molar-refractivity contribution in [1.29, 1.82) is 0 Å². The molecule has 1 aliphatic heterocycles. The second-order valence-corrected chi connectivity index (χ2v) is 5.92. The maximum atomic E-state index is 3.57. The summed E-state index contributed by atoms with van der Waals surface area (Å²) in [5, 5.41) is 2.15. The fourth-order valence-corrected chi connectivity index (χ4v) is 2.95. The van der Waals surface area contributed by atoms with Crippen LogP contribution in [0.5, 0.6) is 0 Å². The first kappa shape index (κ1) is 9.69. The summed E-state index contributed by atoms with van der Waals surface area (Å²) in [6.07, 6.45) is 1.33. The average Bonchev–Trinajstić information content (AvgIpc) is 2.43. The van der Waals surface area contributed by atoms with E-state index in [0.717, 1.165) is 12.5 Å². The predicted octanol–water partition coefficient (Wildman–Crippen LogP) is 3.35. The number of likely N-dealkylation sites (tertiary alicyclic amines) is 1. The van der Waals surface area contributed by atoms with Gasteiger partial charge in [0.1, 0.15) is 0 Å². The van der Waals surface area contributed by atoms with Gasteiger partial charge in [0.2, 0.25) is 0 Å². The van der Waals surface area contributed by atoms with Gasteiger partial charge in [-0.15, -0.1) is 11.3 Å². The van der Waals surface area contributed by atoms with E-state index >= 15 is 0 Å². The first-order valence-electron chi connectivity index (χ1n) is 4.73. The Hall–Kier alpha value is 0.140. The summed E-state index contributed by atoms with van der Waals surface area (Å²) >= 11 is 5.35. The molecule has 0 saturated carbocycles. The molecule has 3 heteroatoms. The van der Waals surface area contributed by atoms with E-state index in [1.54, 1.807) is 11.3 Å². The molecule has 1 nitrogen and oxygen atoms in total. The molecule has 1 fully saturated rings. The van der Waals surface area contributed by atoms with Crippen molar-refractivity contribution in [3.8, 4) is 0 Å². The molecule has 0 amide bonds. The van der Waals surface area contributed by atoms with E-state index in [2.05, 4.69) is 39.2 Å². The zero-order valence-electron chi connectivity index (χ0n) is 7.79. The molecule has 1 saturated heterocycles. The number of nitrogens with zero attached hydrogens (tertiary/aromatic N) is 1. The molecule has 2 heterocycles. The van der Waals surface area contributed by atoms with Gasteiger partial charge in [-0.3, -0.25) is 4.90 Å². The highest BCUT2D eigenvalue weighted by molar-refractivity contribution is 9.11. The van der Waals surface area contributed by atoms with Crippen molar-refractivity contribution in [2.75, 3.05) is 13.1 Å². The highest BCUT2D eigenvalue weighted by Gasteiger charge is 2.25. The van der Waals surface area contributed by atoms with Crippen LogP contribution in [-0.2, 0) is 6.54 Å². The zero-order valence-corrected chi connectivity index (χ0v) is 10.2. The molecule has 0 atom stereocenters. The van der Waals surface area contributed by atoms with Gasteiger partial charge in [-0.2, -0.15) is 0 Å². The average molecular weight is 260 g/mol. The van der Waals surface area contributed by atoms with Crippen LogP contribution in [0.25, 0.3) is 0 Å². The summed E-state index contributed by atoms with van der Waals surface area (Å²) in [5.41, 5.74) is 1.44. The van der Waals surface area contributed by atoms with Gasteiger partial charge < -0.3 is 0 Å². The van der Waals surface area contributed by atoms with Gasteiger partial charge in [0.25, 0.3) is 0 Å². The maximum absolute atomic E-state index is 3.57. The van der Waals surface area contributed by atoms with Crippen LogP contribution in [0.15, 0.2) is 15.2 Å². The number of hydrogen-bond acceptors (Lipinski definition) is 2. The van der Waals surface area contributed by atoms with Crippen LogP contribution in [0.1, 0.15) is 18.9 Å². The van der Waals surface area contributed by atoms with Gasteiger partial charge in [-0.1, -0.05) is 13.3 Å². The molecule has 0 bridgehead atoms. The molecule has 0 radical (unpaired) electrons. The molecular formula is C10H14BrNS. The highest BCUT2D eigenvalue weighted by atomic mass is 79.9. The largest absolute Gasteiger partial charge is 0.298 e. The Morgan fingerprint density at radius 1 is 1.62 bits per heavy atom. The quantitative estimate of drug-likeness (QED) is 0.805. The van der Waals surface area contributed by atoms with E-state index in [0.29, 0.717) is 0 Å². The Bertz CT molecular complexity index is 278. The van der Waals surface area contributed by atoms with E-state index in [9.17, 15) is 0 Å². The fraction of sp³-hybridized carbons (Fsp3) is 0.600. The third-order valence-electron chi connectivity index (χ3n) is 2.70. The summed E-state index contributed by atoms with van der Waals surface area (Å²) in [6.45, 7) is 5.99. The van der Waals surface area contributed by atoms with Gasteiger partial charge in [0.15, 0.2) is 0 Å². The minimum atomic E-state index is 0.956. The number of rotatable bonds is 3. The first-order chi connectivity index (χ1) is 6.29. The van der Waals surface area contributed by atoms with Crippen molar-refractivity contribution in [3.63, 3.8) is 0 Å². The lowest BCUT2D eigenvalue weighted by Gasteiger charge is -2.38. The van der Waals surface area contributed by atoms with E-state index in [1.165, 1.54) is 28.9 Å². The van der Waals surface area contributed by atoms with Gasteiger partial charge >= 0.3 is 0 Å². The first-order valence-corrected chi connectivity index (χ1v) is 6.41. The lowest BCUT2D eigenvalue weighted by Crippen LogP contribution is -2.45. The number of hydrogen-bond donors (Lipinski definition) is 0. The van der Waals surface area contributed by atoms with Crippen LogP contribution in [0.3, 0.4) is 0 Å². The summed E-state index contributed by atoms with van der Waals surface area (Å²) in [6, 6.07) is 2.22. The third kappa shape index (κ3) is 2.14. The second kappa shape index (κ2) is 4.11. The van der Waals surface area contributed by atoms with Gasteiger partial charge in [0, 0.05) is 19.6 Å². The van der Waals surface area contributed by atoms with Crippen LogP contribution >= 0.6 is 27.3 Å². The van der Waals surface area contributed by atoms with Crippen LogP contribution in [0.2, 0.25) is 0 Å². The third-order valence-corrected chi connectivity index (χ3v) is 4.51. The molecule has 0 N–H and O–H groups in total. The molecule has 2 rings (SSSR count). The Morgan fingerprint density at radius 3 is 2.92 bits per heavy atom. The molecule has 1 aromatic heterocycles. The Balaban J connectivity index is 1.84. The molecule has 13 heavy (non-hydrogen) atoms. The van der Waals surface area contributed by atoms with Crippen LogP contribution in [-0.4, -0.2) is 18.0 Å². The van der Waals surface area contributed by atoms with Crippen molar-refractivity contribution >= 4 is 27.3 Å². The van der Waals surface area contributed by atoms with E-state index in [-0.39, 0.29) is 0 Å². The van der Waals surface area contributed by atoms with E-state index < -0.39 is 0 Å². The lowest BCUT2D eigenvalue weighted by molar-refractivity contribution is 0.0898. The normalized spacial score (nSPS) is 18.9. The molecule has 0 aliphatic carbocycles. The van der Waals surface area contributed by atoms with Crippen molar-refractivity contribution in [3.05, 3.63) is 20.8 Å². The van der Waals surface area contributed by atoms with Gasteiger partial charge in [-0.25, -0.2) is 0 Å². The van der Waals surface area contributed by atoms with Crippen LogP contribution in [0, 0.1) is 5.92 Å². The molecule has 0 unspecified atom stereocenters. The smallest absolute Gasteiger partial charge is 0.0743 e. The summed E-state index contributed by atoms with van der Waals surface area (Å²) in [5.74, 6) is 0.956. The van der Waals surface area contributed by atoms with Crippen molar-refractivity contribution in [2.24, 2.45) is 5.92 Å². The Labute approximate surface area is 91.9 Å². The Kier molecular flexibility index (Phi) is 3.06. The van der Waals surface area contributed by atoms with E-state index in [1.807, 2.05) is 0 Å². The summed E-state index contributed by atoms with van der Waals surface area (Å²) < 4.78 is 1.30. The summed E-state index contributed by atoms with van der Waals surface area (Å²) in [7, 11) is 0. The van der Waals surface area contributed by atoms with Crippen molar-refractivity contribution in [1.82, 2.24) is 4.90 Å². The molecule has 72 valence electrons. The monoisotopic (exact) mass is 259 g/mol. The van der Waals surface area contributed by atoms with Crippen molar-refractivity contribution in [2.45, 2.75) is 19.9 Å². The lowest BCUT2D eigenvalue weighted by atomic mass is 9.97. The SMILES string of the molecule is CCC1CN(Cc2ccsc2Br)C1. The maximum Gasteiger partial charge on any atom is 0.0743 e. The van der Waals surface area contributed by atoms with Crippen molar-refractivity contribution < 1.29 is 0 Å². The molecular weight excluding hydrogens is 246 g/mol. The molecule has 1 aromatic rings. The van der Waals surface area contributed by atoms with Gasteiger partial charge in [-0.05, 0) is 38.9 Å². The van der Waals surface area contributed by atoms with Crippen LogP contribution < -0.4 is 0 Å². The summed E-state index contributed by atoms with van der Waals surface area (Å²) in [4.78, 5) is 2.51. The molecule has 1 aliphatic rings. The Morgan fingerprint density at radius 2 is 2.38 bits per heavy atom. The topological polar surface area (TPSA) is 3.24 Å². The zero-order chi connectivity index (χ0) is 9.26. The standard InChI is InChI=1S/C10H14BrNS/c1-2-8-5-12(6-8)7-9-3-4-13-10(9)11/h3-4,8H,2,5-7H2,1H3. The number of halogens is 1. The fourth-order valence-electron chi connectivity index (χ4n) is 1.74. The predicted molar refractivity (Wildman–Crippen MR) is 61.1 cm³/mol.